The number of nitrogens with zero attached hydrogens (tertiary/aromatic N) is 2. The number of para-hydroxylation sites is 1. The fraction of sp³-hybridized carbons (Fsp3) is 0.524. The highest BCUT2D eigenvalue weighted by Crippen LogP contribution is 2.40. The molecule has 2 amide bonds. The first kappa shape index (κ1) is 24.0. The molecule has 3 atom stereocenters. The molecule has 31 heavy (non-hydrogen) atoms. The van der Waals surface area contributed by atoms with Crippen LogP contribution in [0.1, 0.15) is 44.6 Å². The van der Waals surface area contributed by atoms with Crippen LogP contribution in [0, 0.1) is 5.92 Å². The van der Waals surface area contributed by atoms with E-state index in [1.807, 2.05) is 43.0 Å². The number of likely N-dealkylation sites (tertiary alicyclic amines) is 1. The van der Waals surface area contributed by atoms with Gasteiger partial charge in [0.1, 0.15) is 6.04 Å². The van der Waals surface area contributed by atoms with Crippen LogP contribution in [0.3, 0.4) is 0 Å². The average Bonchev–Trinajstić information content (AvgIpc) is 3.18. The minimum absolute atomic E-state index is 0.000123. The Morgan fingerprint density at radius 1 is 1.29 bits per heavy atom. The molecule has 2 aliphatic rings. The lowest BCUT2D eigenvalue weighted by Gasteiger charge is -2.34. The number of nitrogens with two attached hydrogens (primary N) is 1. The van der Waals surface area contributed by atoms with Crippen molar-refractivity contribution >= 4 is 45.9 Å². The summed E-state index contributed by atoms with van der Waals surface area (Å²) in [6, 6.07) is 6.88. The average molecular weight is 560 g/mol. The molecule has 1 aromatic carbocycles. The molecular formula is C21H29IN4O4S. The number of carbonyl (C=O) groups is 2. The predicted molar refractivity (Wildman–Crippen MR) is 129 cm³/mol. The van der Waals surface area contributed by atoms with E-state index < -0.39 is 13.2 Å². The van der Waals surface area contributed by atoms with E-state index in [0.29, 0.717) is 18.7 Å². The fourth-order valence-corrected chi connectivity index (χ4v) is 6.00. The van der Waals surface area contributed by atoms with Gasteiger partial charge in [-0.15, -0.1) is 0 Å². The first-order valence-corrected chi connectivity index (χ1v) is 14.4. The van der Waals surface area contributed by atoms with E-state index in [0.717, 1.165) is 18.4 Å². The van der Waals surface area contributed by atoms with Crippen LogP contribution in [0.25, 0.3) is 0 Å². The van der Waals surface area contributed by atoms with Gasteiger partial charge in [-0.2, -0.15) is 8.42 Å². The second-order valence-electron chi connectivity index (χ2n) is 8.30. The molecule has 10 heteroatoms. The van der Waals surface area contributed by atoms with Crippen molar-refractivity contribution in [3.63, 3.8) is 0 Å². The summed E-state index contributed by atoms with van der Waals surface area (Å²) in [6.45, 7) is 4.31. The zero-order valence-corrected chi connectivity index (χ0v) is 20.7. The molecule has 3 N–H and O–H groups in total. The van der Waals surface area contributed by atoms with Crippen molar-refractivity contribution in [1.29, 1.82) is 0 Å². The summed E-state index contributed by atoms with van der Waals surface area (Å²) >= 11 is 1.44. The third-order valence-electron chi connectivity index (χ3n) is 5.88. The van der Waals surface area contributed by atoms with Crippen LogP contribution in [0.15, 0.2) is 36.5 Å². The lowest BCUT2D eigenvalue weighted by atomic mass is 9.88. The van der Waals surface area contributed by atoms with Gasteiger partial charge in [0, 0.05) is 24.7 Å². The number of rotatable bonds is 7. The van der Waals surface area contributed by atoms with Crippen molar-refractivity contribution in [2.45, 2.75) is 51.1 Å². The normalized spacial score (nSPS) is 21.8. The van der Waals surface area contributed by atoms with E-state index in [1.165, 1.54) is 25.5 Å². The first-order valence-electron chi connectivity index (χ1n) is 10.4. The summed E-state index contributed by atoms with van der Waals surface area (Å²) in [7, 11) is -3.45. The molecule has 2 aliphatic heterocycles. The molecule has 0 aromatic heterocycles. The maximum Gasteiger partial charge on any atom is 0.292 e. The maximum absolute atomic E-state index is 13.3. The molecule has 170 valence electrons. The molecule has 1 aromatic rings. The number of hydrogen-bond acceptors (Lipinski definition) is 5. The van der Waals surface area contributed by atoms with E-state index >= 15 is 0 Å². The van der Waals surface area contributed by atoms with Gasteiger partial charge in [0.2, 0.25) is 11.8 Å². The number of benzene rings is 1. The van der Waals surface area contributed by atoms with E-state index in [2.05, 4.69) is 5.32 Å². The first-order chi connectivity index (χ1) is 14.6. The number of hydrogen-bond donors (Lipinski definition) is 2. The Labute approximate surface area is 195 Å². The van der Waals surface area contributed by atoms with Gasteiger partial charge in [-0.25, -0.2) is 4.31 Å². The number of carbonyl (C=O) groups excluding carboxylic acids is 2. The largest absolute Gasteiger partial charge is 0.343 e. The molecule has 0 bridgehead atoms. The van der Waals surface area contributed by atoms with E-state index in [4.69, 9.17) is 5.73 Å². The highest BCUT2D eigenvalue weighted by molar-refractivity contribution is 14.2. The van der Waals surface area contributed by atoms with Gasteiger partial charge in [0.25, 0.3) is 7.19 Å². The summed E-state index contributed by atoms with van der Waals surface area (Å²) in [6.07, 6.45) is 5.98. The Kier molecular flexibility index (Phi) is 7.63. The van der Waals surface area contributed by atoms with Gasteiger partial charge in [-0.1, -0.05) is 38.1 Å². The Balaban J connectivity index is 1.81. The molecule has 0 radical (unpaired) electrons. The summed E-state index contributed by atoms with van der Waals surface area (Å²) in [5.74, 6) is -0.474. The van der Waals surface area contributed by atoms with Crippen LogP contribution < -0.4 is 15.4 Å². The minimum Gasteiger partial charge on any atom is -0.343 e. The van der Waals surface area contributed by atoms with Crippen molar-refractivity contribution in [3.05, 3.63) is 42.1 Å². The molecule has 8 nitrogen and oxygen atoms in total. The van der Waals surface area contributed by atoms with Crippen molar-refractivity contribution in [3.8, 4) is 0 Å². The topological polar surface area (TPSA) is 113 Å². The second kappa shape index (κ2) is 9.86. The minimum atomic E-state index is -3.45. The summed E-state index contributed by atoms with van der Waals surface area (Å²) < 4.78 is 25.6. The van der Waals surface area contributed by atoms with Crippen molar-refractivity contribution in [1.82, 2.24) is 10.2 Å². The Hall–Kier alpha value is -1.66. The number of amides is 2. The zero-order chi connectivity index (χ0) is 22.8. The number of allylic oxidation sites excluding steroid dienone is 1. The summed E-state index contributed by atoms with van der Waals surface area (Å²) in [5, 5.41) is 2.76. The van der Waals surface area contributed by atoms with E-state index in [9.17, 15) is 18.0 Å². The van der Waals surface area contributed by atoms with Crippen molar-refractivity contribution < 1.29 is 18.0 Å². The van der Waals surface area contributed by atoms with Gasteiger partial charge in [-0.3, -0.25) is 9.59 Å². The SMILES string of the molecule is CC(C)C(NC(=O)CN)C(=O)N1CCCC1CC1C=CN(S(=O)(=O)I)c2ccccc21. The van der Waals surface area contributed by atoms with Crippen molar-refractivity contribution in [2.75, 3.05) is 17.4 Å². The fourth-order valence-electron chi connectivity index (χ4n) is 4.35. The maximum atomic E-state index is 13.3. The predicted octanol–water partition coefficient (Wildman–Crippen LogP) is 2.26. The number of anilines is 1. The van der Waals surface area contributed by atoms with Gasteiger partial charge >= 0.3 is 0 Å². The Bertz CT molecular complexity index is 966. The highest BCUT2D eigenvalue weighted by atomic mass is 127. The second-order valence-corrected chi connectivity index (χ2v) is 12.9. The molecule has 3 unspecified atom stereocenters. The smallest absolute Gasteiger partial charge is 0.292 e. The zero-order valence-electron chi connectivity index (χ0n) is 17.7. The molecule has 2 heterocycles. The van der Waals surface area contributed by atoms with Gasteiger partial charge < -0.3 is 16.0 Å². The Morgan fingerprint density at radius 3 is 2.65 bits per heavy atom. The van der Waals surface area contributed by atoms with Gasteiger partial charge in [0.05, 0.1) is 33.4 Å². The summed E-state index contributed by atoms with van der Waals surface area (Å²) in [4.78, 5) is 27.0. The van der Waals surface area contributed by atoms with E-state index in [1.54, 1.807) is 12.3 Å². The van der Waals surface area contributed by atoms with Crippen LogP contribution in [-0.2, 0) is 16.8 Å². The Morgan fingerprint density at radius 2 is 2.00 bits per heavy atom. The van der Waals surface area contributed by atoms with Gasteiger partial charge in [0.15, 0.2) is 0 Å². The molecule has 1 saturated heterocycles. The summed E-state index contributed by atoms with van der Waals surface area (Å²) in [5.41, 5.74) is 7.00. The van der Waals surface area contributed by atoms with Crippen LogP contribution in [-0.4, -0.2) is 50.3 Å². The third kappa shape index (κ3) is 5.40. The van der Waals surface area contributed by atoms with Crippen molar-refractivity contribution in [2.24, 2.45) is 11.7 Å². The van der Waals surface area contributed by atoms with Crippen LogP contribution in [0.5, 0.6) is 0 Å². The number of halogens is 1. The van der Waals surface area contributed by atoms with Crippen LogP contribution in [0.4, 0.5) is 5.69 Å². The van der Waals surface area contributed by atoms with Crippen LogP contribution >= 0.6 is 21.2 Å². The number of nitrogens with one attached hydrogen (secondary N) is 1. The highest BCUT2D eigenvalue weighted by Gasteiger charge is 2.37. The molecule has 0 spiro atoms. The standard InChI is InChI=1S/C21H29IN4O4S/c1-14(2)20(24-19(27)13-23)21(28)25-10-5-6-16(25)12-15-9-11-26(31(22,29)30)18-8-4-3-7-17(15)18/h3-4,7-9,11,14-16,20H,5-6,10,12-13,23H2,1-2H3,(H,24,27). The van der Waals surface area contributed by atoms with Gasteiger partial charge in [-0.05, 0) is 36.8 Å². The lowest BCUT2D eigenvalue weighted by molar-refractivity contribution is -0.138. The molecular weight excluding hydrogens is 531 g/mol. The molecule has 0 saturated carbocycles. The molecule has 3 rings (SSSR count). The van der Waals surface area contributed by atoms with E-state index in [-0.39, 0.29) is 36.2 Å². The van der Waals surface area contributed by atoms with Crippen LogP contribution in [0.2, 0.25) is 0 Å². The lowest BCUT2D eigenvalue weighted by Crippen LogP contribution is -2.53. The monoisotopic (exact) mass is 560 g/mol. The third-order valence-corrected chi connectivity index (χ3v) is 7.94. The quantitative estimate of drug-likeness (QED) is 0.393. The molecule has 1 fully saturated rings. The molecule has 0 aliphatic carbocycles. The number of fused-ring (bicyclic) bond motifs is 1.